The molecule has 2 heterocycles. The number of nitrogens with one attached hydrogen (secondary N) is 1. The standard InChI is InChI=1S/C20H25N5O3/c1-4-28-12-8-11-21-17(26)13-24-20(27)19-18(14(2)22-24)15(3)25(23-19)16-9-6-5-7-10-16/h5-7,9-10H,4,8,11-13H2,1-3H3,(H,21,26). The van der Waals surface area contributed by atoms with E-state index in [1.165, 1.54) is 4.68 Å². The van der Waals surface area contributed by atoms with Gasteiger partial charge in [0.15, 0.2) is 5.52 Å². The summed E-state index contributed by atoms with van der Waals surface area (Å²) >= 11 is 0. The number of benzene rings is 1. The maximum atomic E-state index is 12.9. The van der Waals surface area contributed by atoms with Crippen molar-refractivity contribution < 1.29 is 9.53 Å². The minimum atomic E-state index is -0.372. The maximum absolute atomic E-state index is 12.9. The molecule has 0 saturated carbocycles. The van der Waals surface area contributed by atoms with E-state index in [1.54, 1.807) is 4.68 Å². The van der Waals surface area contributed by atoms with Gasteiger partial charge in [-0.3, -0.25) is 9.59 Å². The minimum absolute atomic E-state index is 0.137. The fourth-order valence-corrected chi connectivity index (χ4v) is 3.15. The van der Waals surface area contributed by atoms with Gasteiger partial charge in [-0.05, 0) is 39.3 Å². The first kappa shape index (κ1) is 19.8. The average molecular weight is 383 g/mol. The Morgan fingerprint density at radius 3 is 2.64 bits per heavy atom. The van der Waals surface area contributed by atoms with Gasteiger partial charge >= 0.3 is 0 Å². The SMILES string of the molecule is CCOCCCNC(=O)Cn1nc(C)c2c(C)n(-c3ccccc3)nc2c1=O. The van der Waals surface area contributed by atoms with Gasteiger partial charge in [0.05, 0.1) is 22.5 Å². The smallest absolute Gasteiger partial charge is 0.295 e. The van der Waals surface area contributed by atoms with Gasteiger partial charge in [0.1, 0.15) is 6.54 Å². The van der Waals surface area contributed by atoms with E-state index in [9.17, 15) is 9.59 Å². The first-order chi connectivity index (χ1) is 13.5. The van der Waals surface area contributed by atoms with E-state index in [-0.39, 0.29) is 18.0 Å². The second-order valence-corrected chi connectivity index (χ2v) is 6.51. The molecule has 0 saturated heterocycles. The molecule has 148 valence electrons. The van der Waals surface area contributed by atoms with Gasteiger partial charge in [-0.1, -0.05) is 18.2 Å². The lowest BCUT2D eigenvalue weighted by molar-refractivity contribution is -0.121. The second kappa shape index (κ2) is 8.79. The average Bonchev–Trinajstić information content (AvgIpc) is 3.04. The lowest BCUT2D eigenvalue weighted by Gasteiger charge is -2.08. The normalized spacial score (nSPS) is 11.1. The number of hydrogen-bond acceptors (Lipinski definition) is 5. The van der Waals surface area contributed by atoms with Crippen LogP contribution in [-0.2, 0) is 16.1 Å². The van der Waals surface area contributed by atoms with Crippen molar-refractivity contribution in [2.24, 2.45) is 0 Å². The summed E-state index contributed by atoms with van der Waals surface area (Å²) < 4.78 is 8.15. The summed E-state index contributed by atoms with van der Waals surface area (Å²) in [6.07, 6.45) is 0.723. The van der Waals surface area contributed by atoms with Crippen molar-refractivity contribution in [3.63, 3.8) is 0 Å². The van der Waals surface area contributed by atoms with E-state index in [0.717, 1.165) is 23.2 Å². The Labute approximate surface area is 163 Å². The summed E-state index contributed by atoms with van der Waals surface area (Å²) in [5.74, 6) is -0.260. The molecule has 0 fully saturated rings. The largest absolute Gasteiger partial charge is 0.382 e. The molecule has 0 aliphatic heterocycles. The fraction of sp³-hybridized carbons (Fsp3) is 0.400. The molecule has 1 aromatic carbocycles. The molecule has 8 heteroatoms. The van der Waals surface area contributed by atoms with Crippen LogP contribution in [0.4, 0.5) is 0 Å². The highest BCUT2D eigenvalue weighted by Gasteiger charge is 2.18. The zero-order chi connectivity index (χ0) is 20.1. The van der Waals surface area contributed by atoms with Crippen molar-refractivity contribution in [3.05, 3.63) is 52.1 Å². The molecule has 28 heavy (non-hydrogen) atoms. The number of fused-ring (bicyclic) bond motifs is 1. The van der Waals surface area contributed by atoms with Crippen molar-refractivity contribution in [3.8, 4) is 5.69 Å². The molecular formula is C20H25N5O3. The third kappa shape index (κ3) is 4.12. The van der Waals surface area contributed by atoms with Crippen molar-refractivity contribution in [1.82, 2.24) is 24.9 Å². The lowest BCUT2D eigenvalue weighted by Crippen LogP contribution is -2.34. The maximum Gasteiger partial charge on any atom is 0.295 e. The quantitative estimate of drug-likeness (QED) is 0.599. The predicted molar refractivity (Wildman–Crippen MR) is 107 cm³/mol. The predicted octanol–water partition coefficient (Wildman–Crippen LogP) is 1.74. The summed E-state index contributed by atoms with van der Waals surface area (Å²) in [5, 5.41) is 12.3. The van der Waals surface area contributed by atoms with E-state index < -0.39 is 0 Å². The monoisotopic (exact) mass is 383 g/mol. The zero-order valence-corrected chi connectivity index (χ0v) is 16.4. The van der Waals surface area contributed by atoms with Gasteiger partial charge < -0.3 is 10.1 Å². The Morgan fingerprint density at radius 1 is 1.18 bits per heavy atom. The third-order valence-electron chi connectivity index (χ3n) is 4.47. The zero-order valence-electron chi connectivity index (χ0n) is 16.4. The van der Waals surface area contributed by atoms with Crippen molar-refractivity contribution in [2.45, 2.75) is 33.7 Å². The molecule has 3 aromatic rings. The number of carbonyl (C=O) groups is 1. The summed E-state index contributed by atoms with van der Waals surface area (Å²) in [4.78, 5) is 25.0. The number of amides is 1. The number of aromatic nitrogens is 4. The van der Waals surface area contributed by atoms with Crippen LogP contribution in [0, 0.1) is 13.8 Å². The van der Waals surface area contributed by atoms with E-state index >= 15 is 0 Å². The van der Waals surface area contributed by atoms with Gasteiger partial charge in [0.25, 0.3) is 5.56 Å². The van der Waals surface area contributed by atoms with E-state index in [1.807, 2.05) is 51.1 Å². The first-order valence-corrected chi connectivity index (χ1v) is 9.39. The van der Waals surface area contributed by atoms with Crippen molar-refractivity contribution >= 4 is 16.8 Å². The summed E-state index contributed by atoms with van der Waals surface area (Å²) in [6, 6.07) is 9.61. The van der Waals surface area contributed by atoms with Crippen LogP contribution in [0.1, 0.15) is 24.7 Å². The number of aryl methyl sites for hydroxylation is 2. The van der Waals surface area contributed by atoms with Gasteiger partial charge in [-0.25, -0.2) is 9.36 Å². The number of rotatable bonds is 8. The van der Waals surface area contributed by atoms with Crippen LogP contribution in [0.5, 0.6) is 0 Å². The van der Waals surface area contributed by atoms with Crippen LogP contribution < -0.4 is 10.9 Å². The number of nitrogens with zero attached hydrogens (tertiary/aromatic N) is 4. The number of carbonyl (C=O) groups excluding carboxylic acids is 1. The van der Waals surface area contributed by atoms with Crippen LogP contribution in [-0.4, -0.2) is 45.2 Å². The van der Waals surface area contributed by atoms with Crippen LogP contribution in [0.2, 0.25) is 0 Å². The summed E-state index contributed by atoms with van der Waals surface area (Å²) in [5.41, 5.74) is 2.32. The Morgan fingerprint density at radius 2 is 1.93 bits per heavy atom. The van der Waals surface area contributed by atoms with E-state index in [4.69, 9.17) is 4.74 Å². The Hall–Kier alpha value is -3.00. The minimum Gasteiger partial charge on any atom is -0.382 e. The van der Waals surface area contributed by atoms with E-state index in [2.05, 4.69) is 15.5 Å². The van der Waals surface area contributed by atoms with Crippen LogP contribution >= 0.6 is 0 Å². The highest BCUT2D eigenvalue weighted by Crippen LogP contribution is 2.20. The molecule has 0 bridgehead atoms. The van der Waals surface area contributed by atoms with Gasteiger partial charge in [0.2, 0.25) is 5.91 Å². The number of ether oxygens (including phenoxy) is 1. The molecule has 0 spiro atoms. The number of hydrogen-bond donors (Lipinski definition) is 1. The molecule has 0 unspecified atom stereocenters. The third-order valence-corrected chi connectivity index (χ3v) is 4.47. The summed E-state index contributed by atoms with van der Waals surface area (Å²) in [6.45, 7) is 7.26. The first-order valence-electron chi connectivity index (χ1n) is 9.39. The number of para-hydroxylation sites is 1. The van der Waals surface area contributed by atoms with Crippen LogP contribution in [0.25, 0.3) is 16.6 Å². The molecule has 0 atom stereocenters. The Kier molecular flexibility index (Phi) is 6.20. The molecule has 2 aromatic heterocycles. The van der Waals surface area contributed by atoms with Gasteiger partial charge in [-0.15, -0.1) is 0 Å². The molecule has 8 nitrogen and oxygen atoms in total. The molecule has 0 radical (unpaired) electrons. The Bertz CT molecular complexity index is 1020. The lowest BCUT2D eigenvalue weighted by atomic mass is 10.2. The van der Waals surface area contributed by atoms with Gasteiger partial charge in [0, 0.05) is 19.8 Å². The molecule has 3 rings (SSSR count). The highest BCUT2D eigenvalue weighted by molar-refractivity contribution is 5.83. The highest BCUT2D eigenvalue weighted by atomic mass is 16.5. The van der Waals surface area contributed by atoms with E-state index in [0.29, 0.717) is 31.0 Å². The second-order valence-electron chi connectivity index (χ2n) is 6.51. The van der Waals surface area contributed by atoms with Crippen LogP contribution in [0.15, 0.2) is 35.1 Å². The van der Waals surface area contributed by atoms with Crippen molar-refractivity contribution in [2.75, 3.05) is 19.8 Å². The van der Waals surface area contributed by atoms with Crippen LogP contribution in [0.3, 0.4) is 0 Å². The molecule has 1 N–H and O–H groups in total. The van der Waals surface area contributed by atoms with Gasteiger partial charge in [-0.2, -0.15) is 10.2 Å². The Balaban J connectivity index is 1.85. The fourth-order valence-electron chi connectivity index (χ4n) is 3.15. The summed E-state index contributed by atoms with van der Waals surface area (Å²) in [7, 11) is 0. The van der Waals surface area contributed by atoms with Crippen molar-refractivity contribution in [1.29, 1.82) is 0 Å². The molecule has 0 aliphatic carbocycles. The molecular weight excluding hydrogens is 358 g/mol. The molecule has 1 amide bonds. The topological polar surface area (TPSA) is 91.0 Å². The molecule has 0 aliphatic rings.